The van der Waals surface area contributed by atoms with Crippen LogP contribution in [0.2, 0.25) is 0 Å². The summed E-state index contributed by atoms with van der Waals surface area (Å²) in [7, 11) is 0. The zero-order chi connectivity index (χ0) is 27.9. The normalized spacial score (nSPS) is 27.6. The second-order valence-electron chi connectivity index (χ2n) is 12.9. The van der Waals surface area contributed by atoms with Crippen molar-refractivity contribution in [1.82, 2.24) is 20.9 Å². The van der Waals surface area contributed by atoms with Crippen molar-refractivity contribution < 1.29 is 33.1 Å². The summed E-state index contributed by atoms with van der Waals surface area (Å²) < 4.78 is 25.8. The molecule has 5 atom stereocenters. The van der Waals surface area contributed by atoms with Crippen LogP contribution >= 0.6 is 0 Å². The van der Waals surface area contributed by atoms with Gasteiger partial charge in [-0.25, -0.2) is 18.4 Å². The van der Waals surface area contributed by atoms with Gasteiger partial charge in [-0.3, -0.25) is 9.59 Å². The third-order valence-corrected chi connectivity index (χ3v) is 8.55. The summed E-state index contributed by atoms with van der Waals surface area (Å²) in [5.74, 6) is -2.97. The molecule has 2 saturated carbocycles. The molecule has 3 rings (SSSR count). The van der Waals surface area contributed by atoms with Crippen LogP contribution in [0.25, 0.3) is 0 Å². The molecule has 0 aromatic heterocycles. The SMILES string of the molecule is CC1(NC(=O)N[C@H](C(=O)N2C[C@H]3[C@@H]([C@H]2C(=O)NC(CC(F)F)C(=O)O)C3(C)C)C(C)(C)C)CCCCC1. The highest BCUT2D eigenvalue weighted by molar-refractivity contribution is 5.95. The number of aliphatic carboxylic acids is 1. The summed E-state index contributed by atoms with van der Waals surface area (Å²) in [6, 6.07) is -4.17. The highest BCUT2D eigenvalue weighted by Crippen LogP contribution is 2.65. The molecule has 4 amide bonds. The number of carboxylic acid groups (broad SMARTS) is 1. The molecule has 37 heavy (non-hydrogen) atoms. The number of nitrogens with one attached hydrogen (secondary N) is 3. The van der Waals surface area contributed by atoms with Crippen LogP contribution in [0, 0.1) is 22.7 Å². The second kappa shape index (κ2) is 10.4. The number of amides is 4. The molecule has 3 fully saturated rings. The first-order valence-corrected chi connectivity index (χ1v) is 13.2. The monoisotopic (exact) mass is 528 g/mol. The molecule has 11 heteroatoms. The molecular weight excluding hydrogens is 486 g/mol. The summed E-state index contributed by atoms with van der Waals surface area (Å²) >= 11 is 0. The predicted octanol–water partition coefficient (Wildman–Crippen LogP) is 3.13. The van der Waals surface area contributed by atoms with E-state index >= 15 is 0 Å². The maximum atomic E-state index is 13.9. The molecule has 1 unspecified atom stereocenters. The highest BCUT2D eigenvalue weighted by atomic mass is 19.3. The van der Waals surface area contributed by atoms with Gasteiger partial charge in [-0.15, -0.1) is 0 Å². The van der Waals surface area contributed by atoms with Gasteiger partial charge in [0.15, 0.2) is 0 Å². The van der Waals surface area contributed by atoms with Crippen molar-refractivity contribution in [3.63, 3.8) is 0 Å². The number of alkyl halides is 2. The fraction of sp³-hybridized carbons (Fsp3) is 0.846. The molecule has 0 aromatic rings. The third kappa shape index (κ3) is 6.34. The minimum absolute atomic E-state index is 0.0150. The van der Waals surface area contributed by atoms with Crippen molar-refractivity contribution in [1.29, 1.82) is 0 Å². The molecule has 0 aromatic carbocycles. The van der Waals surface area contributed by atoms with Gasteiger partial charge in [0.2, 0.25) is 18.2 Å². The zero-order valence-electron chi connectivity index (χ0n) is 22.7. The van der Waals surface area contributed by atoms with Crippen LogP contribution in [-0.4, -0.2) is 70.5 Å². The van der Waals surface area contributed by atoms with Crippen molar-refractivity contribution in [2.75, 3.05) is 6.54 Å². The van der Waals surface area contributed by atoms with Crippen molar-refractivity contribution >= 4 is 23.8 Å². The summed E-state index contributed by atoms with van der Waals surface area (Å²) in [5, 5.41) is 17.4. The molecule has 1 aliphatic heterocycles. The number of carbonyl (C=O) groups excluding carboxylic acids is 3. The maximum Gasteiger partial charge on any atom is 0.326 e. The maximum absolute atomic E-state index is 13.9. The minimum atomic E-state index is -2.91. The van der Waals surface area contributed by atoms with E-state index in [0.717, 1.165) is 32.1 Å². The first-order chi connectivity index (χ1) is 17.0. The Bertz CT molecular complexity index is 913. The zero-order valence-corrected chi connectivity index (χ0v) is 22.7. The predicted molar refractivity (Wildman–Crippen MR) is 133 cm³/mol. The van der Waals surface area contributed by atoms with Crippen molar-refractivity contribution in [2.24, 2.45) is 22.7 Å². The Morgan fingerprint density at radius 2 is 1.62 bits per heavy atom. The number of carbonyl (C=O) groups is 4. The lowest BCUT2D eigenvalue weighted by molar-refractivity contribution is -0.147. The summed E-state index contributed by atoms with van der Waals surface area (Å²) in [5.41, 5.74) is -1.30. The quantitative estimate of drug-likeness (QED) is 0.385. The van der Waals surface area contributed by atoms with E-state index in [1.165, 1.54) is 4.90 Å². The Hall–Kier alpha value is -2.46. The van der Waals surface area contributed by atoms with Gasteiger partial charge in [0.1, 0.15) is 18.1 Å². The van der Waals surface area contributed by atoms with Crippen LogP contribution in [0.1, 0.15) is 80.1 Å². The van der Waals surface area contributed by atoms with E-state index in [1.807, 2.05) is 41.5 Å². The van der Waals surface area contributed by atoms with E-state index in [1.54, 1.807) is 0 Å². The number of carboxylic acids is 1. The Balaban J connectivity index is 1.79. The van der Waals surface area contributed by atoms with Crippen molar-refractivity contribution in [2.45, 2.75) is 110 Å². The van der Waals surface area contributed by atoms with Crippen molar-refractivity contribution in [3.05, 3.63) is 0 Å². The Labute approximate surface area is 217 Å². The van der Waals surface area contributed by atoms with E-state index in [9.17, 15) is 33.1 Å². The first kappa shape index (κ1) is 29.1. The van der Waals surface area contributed by atoms with E-state index < -0.39 is 60.2 Å². The lowest BCUT2D eigenvalue weighted by atomic mass is 9.83. The average molecular weight is 529 g/mol. The van der Waals surface area contributed by atoms with E-state index in [2.05, 4.69) is 16.0 Å². The number of nitrogens with zero attached hydrogens (tertiary/aromatic N) is 1. The highest BCUT2D eigenvalue weighted by Gasteiger charge is 2.70. The van der Waals surface area contributed by atoms with E-state index in [-0.39, 0.29) is 29.3 Å². The number of likely N-dealkylation sites (tertiary alicyclic amines) is 1. The number of hydrogen-bond acceptors (Lipinski definition) is 4. The summed E-state index contributed by atoms with van der Waals surface area (Å²) in [6.45, 7) is 11.7. The van der Waals surface area contributed by atoms with Crippen LogP contribution < -0.4 is 16.0 Å². The molecule has 4 N–H and O–H groups in total. The molecule has 0 bridgehead atoms. The number of rotatable bonds is 8. The van der Waals surface area contributed by atoms with Gasteiger partial charge in [0.25, 0.3) is 0 Å². The molecule has 0 radical (unpaired) electrons. The lowest BCUT2D eigenvalue weighted by Crippen LogP contribution is -2.62. The summed E-state index contributed by atoms with van der Waals surface area (Å²) in [4.78, 5) is 53.0. The fourth-order valence-corrected chi connectivity index (χ4v) is 6.18. The molecule has 210 valence electrons. The smallest absolute Gasteiger partial charge is 0.326 e. The first-order valence-electron chi connectivity index (χ1n) is 13.2. The molecule has 0 spiro atoms. The van der Waals surface area contributed by atoms with Crippen LogP contribution in [-0.2, 0) is 14.4 Å². The van der Waals surface area contributed by atoms with Gasteiger partial charge in [-0.05, 0) is 42.4 Å². The number of hydrogen-bond donors (Lipinski definition) is 4. The van der Waals surface area contributed by atoms with Gasteiger partial charge in [-0.2, -0.15) is 0 Å². The molecule has 2 aliphatic carbocycles. The van der Waals surface area contributed by atoms with Crippen LogP contribution in [0.3, 0.4) is 0 Å². The largest absolute Gasteiger partial charge is 0.480 e. The Morgan fingerprint density at radius 1 is 1.03 bits per heavy atom. The molecule has 3 aliphatic rings. The fourth-order valence-electron chi connectivity index (χ4n) is 6.18. The standard InChI is InChI=1S/C26H42F2N4O5/c1-24(2,3)19(30-23(37)31-26(6)10-8-7-9-11-26)21(34)32-13-14-17(25(14,4)5)18(32)20(33)29-15(22(35)36)12-16(27)28/h14-19H,7-13H2,1-6H3,(H,29,33)(H,35,36)(H2,30,31,37)/t14-,15?,17-,18-,19+/m0/s1. The van der Waals surface area contributed by atoms with E-state index in [4.69, 9.17) is 0 Å². The van der Waals surface area contributed by atoms with Gasteiger partial charge < -0.3 is 26.0 Å². The minimum Gasteiger partial charge on any atom is -0.480 e. The molecule has 1 heterocycles. The topological polar surface area (TPSA) is 128 Å². The van der Waals surface area contributed by atoms with Gasteiger partial charge >= 0.3 is 12.0 Å². The van der Waals surface area contributed by atoms with Crippen LogP contribution in [0.15, 0.2) is 0 Å². The third-order valence-electron chi connectivity index (χ3n) is 8.55. The number of piperidine rings is 1. The number of fused-ring (bicyclic) bond motifs is 1. The Morgan fingerprint density at radius 3 is 2.14 bits per heavy atom. The van der Waals surface area contributed by atoms with Crippen LogP contribution in [0.4, 0.5) is 13.6 Å². The van der Waals surface area contributed by atoms with Crippen molar-refractivity contribution in [3.8, 4) is 0 Å². The van der Waals surface area contributed by atoms with Crippen LogP contribution in [0.5, 0.6) is 0 Å². The number of halogens is 2. The van der Waals surface area contributed by atoms with Gasteiger partial charge in [0.05, 0.1) is 0 Å². The molecular formula is C26H42F2N4O5. The van der Waals surface area contributed by atoms with Gasteiger partial charge in [0, 0.05) is 18.5 Å². The Kier molecular flexibility index (Phi) is 8.15. The molecule has 1 saturated heterocycles. The molecule has 9 nitrogen and oxygen atoms in total. The summed E-state index contributed by atoms with van der Waals surface area (Å²) in [6.07, 6.45) is 0.931. The number of urea groups is 1. The average Bonchev–Trinajstić information content (AvgIpc) is 3.09. The lowest BCUT2D eigenvalue weighted by Gasteiger charge is -2.39. The van der Waals surface area contributed by atoms with E-state index in [0.29, 0.717) is 0 Å². The second-order valence-corrected chi connectivity index (χ2v) is 12.9. The van der Waals surface area contributed by atoms with Gasteiger partial charge in [-0.1, -0.05) is 53.9 Å².